The summed E-state index contributed by atoms with van der Waals surface area (Å²) in [6.45, 7) is 6.13. The monoisotopic (exact) mass is 364 g/mol. The normalized spacial score (nSPS) is 17.0. The Hall–Kier alpha value is -2.89. The lowest BCUT2D eigenvalue weighted by molar-refractivity contribution is 0.0973. The van der Waals surface area contributed by atoms with Crippen molar-refractivity contribution in [2.24, 2.45) is 0 Å². The van der Waals surface area contributed by atoms with Crippen LogP contribution < -0.4 is 9.80 Å². The summed E-state index contributed by atoms with van der Waals surface area (Å²) in [4.78, 5) is 21.8. The van der Waals surface area contributed by atoms with Gasteiger partial charge in [0.25, 0.3) is 0 Å². The number of anilines is 2. The van der Waals surface area contributed by atoms with Gasteiger partial charge in [-0.3, -0.25) is 4.79 Å². The third-order valence-electron chi connectivity index (χ3n) is 5.58. The van der Waals surface area contributed by atoms with Gasteiger partial charge < -0.3 is 14.4 Å². The van der Waals surface area contributed by atoms with E-state index in [-0.39, 0.29) is 11.6 Å². The van der Waals surface area contributed by atoms with Crippen LogP contribution in [0, 0.1) is 12.7 Å². The zero-order chi connectivity index (χ0) is 18.5. The van der Waals surface area contributed by atoms with E-state index >= 15 is 0 Å². The molecule has 0 spiro atoms. The van der Waals surface area contributed by atoms with E-state index in [1.165, 1.54) is 12.1 Å². The van der Waals surface area contributed by atoms with Crippen LogP contribution in [0.1, 0.15) is 22.3 Å². The van der Waals surface area contributed by atoms with Crippen molar-refractivity contribution in [2.75, 3.05) is 36.0 Å². The fraction of sp³-hybridized carbons (Fsp3) is 0.333. The lowest BCUT2D eigenvalue weighted by atomic mass is 10.0. The number of benzene rings is 2. The molecule has 27 heavy (non-hydrogen) atoms. The molecular weight excluding hydrogens is 343 g/mol. The second-order valence-electron chi connectivity index (χ2n) is 7.37. The molecule has 1 fully saturated rings. The minimum absolute atomic E-state index is 0.207. The van der Waals surface area contributed by atoms with Gasteiger partial charge >= 0.3 is 0 Å². The number of piperazine rings is 1. The van der Waals surface area contributed by atoms with Crippen molar-refractivity contribution in [3.63, 3.8) is 0 Å². The summed E-state index contributed by atoms with van der Waals surface area (Å²) in [6.07, 6.45) is 0.532. The summed E-state index contributed by atoms with van der Waals surface area (Å²) in [7, 11) is 0. The summed E-state index contributed by atoms with van der Waals surface area (Å²) < 4.78 is 15.4. The Kier molecular flexibility index (Phi) is 3.67. The SMILES string of the molecule is Cc1cc2c3c(c1)nc(N1CCN(c4ccc(F)cc4)CC1)n3CCC2=O. The van der Waals surface area contributed by atoms with Crippen LogP contribution in [0.15, 0.2) is 36.4 Å². The highest BCUT2D eigenvalue weighted by molar-refractivity contribution is 6.08. The first-order chi connectivity index (χ1) is 13.1. The van der Waals surface area contributed by atoms with Crippen LogP contribution in [0.2, 0.25) is 0 Å². The molecule has 138 valence electrons. The second kappa shape index (κ2) is 6.08. The number of carbonyl (C=O) groups excluding carboxylic acids is 1. The minimum Gasteiger partial charge on any atom is -0.368 e. The fourth-order valence-electron chi connectivity index (χ4n) is 4.23. The van der Waals surface area contributed by atoms with Crippen molar-refractivity contribution in [1.29, 1.82) is 0 Å². The van der Waals surface area contributed by atoms with Gasteiger partial charge in [0.15, 0.2) is 5.78 Å². The van der Waals surface area contributed by atoms with Gasteiger partial charge in [0.1, 0.15) is 5.82 Å². The van der Waals surface area contributed by atoms with E-state index in [0.717, 1.165) is 60.0 Å². The number of halogens is 1. The molecule has 0 saturated carbocycles. The van der Waals surface area contributed by atoms with Crippen molar-refractivity contribution < 1.29 is 9.18 Å². The molecule has 5 nitrogen and oxygen atoms in total. The molecular formula is C21H21FN4O. The quantitative estimate of drug-likeness (QED) is 0.699. The predicted molar refractivity (Wildman–Crippen MR) is 104 cm³/mol. The first-order valence-electron chi connectivity index (χ1n) is 9.40. The molecule has 2 aromatic carbocycles. The molecule has 1 saturated heterocycles. The summed E-state index contributed by atoms with van der Waals surface area (Å²) in [6, 6.07) is 10.7. The number of ketones is 1. The molecule has 5 rings (SSSR count). The van der Waals surface area contributed by atoms with Crippen molar-refractivity contribution in [1.82, 2.24) is 9.55 Å². The zero-order valence-electron chi connectivity index (χ0n) is 15.3. The van der Waals surface area contributed by atoms with Crippen LogP contribution >= 0.6 is 0 Å². The summed E-state index contributed by atoms with van der Waals surface area (Å²) in [5.41, 5.74) is 4.82. The van der Waals surface area contributed by atoms with E-state index in [1.54, 1.807) is 0 Å². The fourth-order valence-corrected chi connectivity index (χ4v) is 4.23. The maximum atomic E-state index is 13.2. The summed E-state index contributed by atoms with van der Waals surface area (Å²) in [5, 5.41) is 0. The van der Waals surface area contributed by atoms with Gasteiger partial charge in [-0.2, -0.15) is 0 Å². The van der Waals surface area contributed by atoms with E-state index in [9.17, 15) is 9.18 Å². The Bertz CT molecular complexity index is 1030. The highest BCUT2D eigenvalue weighted by atomic mass is 19.1. The van der Waals surface area contributed by atoms with E-state index in [0.29, 0.717) is 13.0 Å². The topological polar surface area (TPSA) is 41.4 Å². The third-order valence-corrected chi connectivity index (χ3v) is 5.58. The highest BCUT2D eigenvalue weighted by Gasteiger charge is 2.27. The van der Waals surface area contributed by atoms with Gasteiger partial charge in [-0.15, -0.1) is 0 Å². The zero-order valence-corrected chi connectivity index (χ0v) is 15.3. The van der Waals surface area contributed by atoms with Crippen molar-refractivity contribution in [3.05, 3.63) is 53.3 Å². The molecule has 1 aromatic heterocycles. The molecule has 2 aliphatic heterocycles. The molecule has 0 N–H and O–H groups in total. The van der Waals surface area contributed by atoms with Crippen LogP contribution in [0.25, 0.3) is 11.0 Å². The van der Waals surface area contributed by atoms with Crippen molar-refractivity contribution >= 4 is 28.5 Å². The Balaban J connectivity index is 1.44. The summed E-state index contributed by atoms with van der Waals surface area (Å²) >= 11 is 0. The summed E-state index contributed by atoms with van der Waals surface area (Å²) in [5.74, 6) is 0.966. The Labute approximate surface area is 157 Å². The average molecular weight is 364 g/mol. The Morgan fingerprint density at radius 1 is 0.963 bits per heavy atom. The lowest BCUT2D eigenvalue weighted by Crippen LogP contribution is -2.47. The molecule has 0 amide bonds. The van der Waals surface area contributed by atoms with Crippen LogP contribution in [0.3, 0.4) is 0 Å². The van der Waals surface area contributed by atoms with Crippen LogP contribution in [0.5, 0.6) is 0 Å². The van der Waals surface area contributed by atoms with Crippen molar-refractivity contribution in [3.8, 4) is 0 Å². The highest BCUT2D eigenvalue weighted by Crippen LogP contribution is 2.32. The third kappa shape index (κ3) is 2.67. The lowest BCUT2D eigenvalue weighted by Gasteiger charge is -2.37. The first-order valence-corrected chi connectivity index (χ1v) is 9.40. The van der Waals surface area contributed by atoms with E-state index in [2.05, 4.69) is 20.4 Å². The van der Waals surface area contributed by atoms with E-state index in [4.69, 9.17) is 4.98 Å². The number of nitrogens with zero attached hydrogens (tertiary/aromatic N) is 4. The molecule has 0 bridgehead atoms. The molecule has 2 aliphatic rings. The number of rotatable bonds is 2. The number of aryl methyl sites for hydroxylation is 2. The molecule has 3 heterocycles. The number of aromatic nitrogens is 2. The van der Waals surface area contributed by atoms with Gasteiger partial charge in [0, 0.05) is 50.4 Å². The standard InChI is InChI=1S/C21H21FN4O/c1-14-12-17-19(27)6-7-26-20(17)18(13-14)23-21(26)25-10-8-24(9-11-25)16-4-2-15(22)3-5-16/h2-5,12-13H,6-11H2,1H3. The first kappa shape index (κ1) is 16.3. The number of imidazole rings is 1. The maximum Gasteiger partial charge on any atom is 0.206 e. The van der Waals surface area contributed by atoms with E-state index < -0.39 is 0 Å². The minimum atomic E-state index is -0.207. The average Bonchev–Trinajstić information content (AvgIpc) is 3.04. The molecule has 3 aromatic rings. The smallest absolute Gasteiger partial charge is 0.206 e. The number of Topliss-reactive ketones (excluding diaryl/α,β-unsaturated/α-hetero) is 1. The molecule has 0 atom stereocenters. The number of hydrogen-bond acceptors (Lipinski definition) is 4. The van der Waals surface area contributed by atoms with Gasteiger partial charge in [0.2, 0.25) is 5.95 Å². The molecule has 0 aliphatic carbocycles. The molecule has 6 heteroatoms. The largest absolute Gasteiger partial charge is 0.368 e. The predicted octanol–water partition coefficient (Wildman–Crippen LogP) is 3.40. The van der Waals surface area contributed by atoms with Gasteiger partial charge in [0.05, 0.1) is 11.0 Å². The Morgan fingerprint density at radius 2 is 1.67 bits per heavy atom. The number of carbonyl (C=O) groups is 1. The molecule has 0 radical (unpaired) electrons. The second-order valence-corrected chi connectivity index (χ2v) is 7.37. The van der Waals surface area contributed by atoms with Gasteiger partial charge in [-0.1, -0.05) is 0 Å². The van der Waals surface area contributed by atoms with Gasteiger partial charge in [-0.25, -0.2) is 9.37 Å². The van der Waals surface area contributed by atoms with E-state index in [1.807, 2.05) is 25.1 Å². The number of hydrogen-bond donors (Lipinski definition) is 0. The van der Waals surface area contributed by atoms with Crippen LogP contribution in [-0.2, 0) is 6.54 Å². The maximum absolute atomic E-state index is 13.2. The van der Waals surface area contributed by atoms with Crippen LogP contribution in [0.4, 0.5) is 16.0 Å². The van der Waals surface area contributed by atoms with Gasteiger partial charge in [-0.05, 0) is 48.9 Å². The van der Waals surface area contributed by atoms with Crippen LogP contribution in [-0.4, -0.2) is 41.5 Å². The molecule has 0 unspecified atom stereocenters. The Morgan fingerprint density at radius 3 is 2.41 bits per heavy atom. The van der Waals surface area contributed by atoms with Crippen molar-refractivity contribution in [2.45, 2.75) is 19.9 Å².